The van der Waals surface area contributed by atoms with E-state index in [1.807, 2.05) is 0 Å². The second-order valence-corrected chi connectivity index (χ2v) is 7.96. The zero-order chi connectivity index (χ0) is 25.9. The van der Waals surface area contributed by atoms with Crippen molar-refractivity contribution in [2.75, 3.05) is 17.7 Å². The molecule has 1 amide bonds. The van der Waals surface area contributed by atoms with Crippen molar-refractivity contribution in [1.29, 1.82) is 0 Å². The molecule has 0 aliphatic rings. The van der Waals surface area contributed by atoms with Gasteiger partial charge in [-0.15, -0.1) is 0 Å². The lowest BCUT2D eigenvalue weighted by Crippen LogP contribution is -2.15. The Bertz CT molecular complexity index is 1430. The molecule has 2 aromatic carbocycles. The Morgan fingerprint density at radius 2 is 1.83 bits per heavy atom. The Labute approximate surface area is 209 Å². The molecule has 0 unspecified atom stereocenters. The minimum atomic E-state index is -4.61. The van der Waals surface area contributed by atoms with Crippen molar-refractivity contribution >= 4 is 29.1 Å². The molecule has 0 atom stereocenters. The number of alkyl halides is 3. The van der Waals surface area contributed by atoms with Crippen molar-refractivity contribution in [3.63, 3.8) is 0 Å². The molecule has 0 saturated heterocycles. The first-order valence-electron chi connectivity index (χ1n) is 10.6. The van der Waals surface area contributed by atoms with Crippen LogP contribution in [0.1, 0.15) is 21.5 Å². The molecule has 0 aliphatic carbocycles. The van der Waals surface area contributed by atoms with Gasteiger partial charge in [-0.2, -0.15) is 13.2 Å². The summed E-state index contributed by atoms with van der Waals surface area (Å²) >= 11 is 6.01. The maximum Gasteiger partial charge on any atom is 0.416 e. The molecule has 2 N–H and O–H groups in total. The second-order valence-electron chi connectivity index (χ2n) is 7.55. The number of aromatic nitrogens is 3. The summed E-state index contributed by atoms with van der Waals surface area (Å²) in [4.78, 5) is 25.6. The van der Waals surface area contributed by atoms with Crippen LogP contribution in [0, 0.1) is 6.92 Å². The van der Waals surface area contributed by atoms with Crippen molar-refractivity contribution in [2.45, 2.75) is 13.1 Å². The summed E-state index contributed by atoms with van der Waals surface area (Å²) in [5.41, 5.74) is 0.792. The van der Waals surface area contributed by atoms with Gasteiger partial charge >= 0.3 is 6.18 Å². The lowest BCUT2D eigenvalue weighted by molar-refractivity contribution is -0.137. The van der Waals surface area contributed by atoms with Gasteiger partial charge in [0.1, 0.15) is 5.75 Å². The molecule has 11 heteroatoms. The van der Waals surface area contributed by atoms with Crippen LogP contribution in [0.25, 0.3) is 11.3 Å². The standard InChI is InChI=1S/C25H19ClF3N5O2/c1-14-19(33-22(35)17-13-15(25(27,28)29)8-9-18(17)26)6-3-7-21(14)36-23-16(5-4-11-31-23)20-10-12-32-24(30-2)34-20/h3-13H,1-2H3,(H,33,35)(H,30,32,34). The van der Waals surface area contributed by atoms with Crippen LogP contribution in [0.15, 0.2) is 67.0 Å². The van der Waals surface area contributed by atoms with Gasteiger partial charge in [0.2, 0.25) is 11.8 Å². The van der Waals surface area contributed by atoms with Crippen LogP contribution < -0.4 is 15.4 Å². The number of ether oxygens (including phenoxy) is 1. The quantitative estimate of drug-likeness (QED) is 0.302. The molecule has 2 heterocycles. The molecule has 2 aromatic heterocycles. The number of pyridine rings is 1. The van der Waals surface area contributed by atoms with E-state index in [1.165, 1.54) is 0 Å². The SMILES string of the molecule is CNc1nccc(-c2cccnc2Oc2cccc(NC(=O)c3cc(C(F)(F)F)ccc3Cl)c2C)n1. The van der Waals surface area contributed by atoms with Crippen LogP contribution in [-0.4, -0.2) is 27.9 Å². The maximum absolute atomic E-state index is 13.1. The molecule has 0 spiro atoms. The van der Waals surface area contributed by atoms with Crippen LogP contribution in [0.5, 0.6) is 11.6 Å². The number of rotatable bonds is 6. The maximum atomic E-state index is 13.1. The van der Waals surface area contributed by atoms with E-state index < -0.39 is 17.6 Å². The van der Waals surface area contributed by atoms with Crippen LogP contribution in [0.2, 0.25) is 5.02 Å². The van der Waals surface area contributed by atoms with E-state index in [1.54, 1.807) is 62.8 Å². The molecule has 0 bridgehead atoms. The van der Waals surface area contributed by atoms with Gasteiger partial charge in [-0.25, -0.2) is 15.0 Å². The summed E-state index contributed by atoms with van der Waals surface area (Å²) in [6, 6.07) is 12.7. The van der Waals surface area contributed by atoms with Crippen LogP contribution in [0.4, 0.5) is 24.8 Å². The minimum absolute atomic E-state index is 0.102. The first kappa shape index (κ1) is 24.9. The van der Waals surface area contributed by atoms with Gasteiger partial charge in [-0.05, 0) is 55.5 Å². The molecule has 0 fully saturated rings. The fourth-order valence-electron chi connectivity index (χ4n) is 3.33. The summed E-state index contributed by atoms with van der Waals surface area (Å²) in [5.74, 6) is 0.290. The van der Waals surface area contributed by atoms with Gasteiger partial charge < -0.3 is 15.4 Å². The Balaban J connectivity index is 1.62. The summed E-state index contributed by atoms with van der Waals surface area (Å²) < 4.78 is 45.4. The number of halogens is 4. The molecule has 4 rings (SSSR count). The lowest BCUT2D eigenvalue weighted by Gasteiger charge is -2.15. The van der Waals surface area contributed by atoms with E-state index >= 15 is 0 Å². The van der Waals surface area contributed by atoms with Crippen LogP contribution in [-0.2, 0) is 6.18 Å². The number of carbonyl (C=O) groups excluding carboxylic acids is 1. The third kappa shape index (κ3) is 5.38. The van der Waals surface area contributed by atoms with E-state index in [0.717, 1.165) is 12.1 Å². The van der Waals surface area contributed by atoms with Crippen molar-refractivity contribution in [2.24, 2.45) is 0 Å². The largest absolute Gasteiger partial charge is 0.438 e. The summed E-state index contributed by atoms with van der Waals surface area (Å²) in [6.07, 6.45) is -1.44. The monoisotopic (exact) mass is 513 g/mol. The number of amides is 1. The average molecular weight is 514 g/mol. The topological polar surface area (TPSA) is 89.0 Å². The van der Waals surface area contributed by atoms with E-state index in [0.29, 0.717) is 40.3 Å². The van der Waals surface area contributed by atoms with Gasteiger partial charge in [-0.1, -0.05) is 17.7 Å². The number of carbonyl (C=O) groups is 1. The van der Waals surface area contributed by atoms with Crippen molar-refractivity contribution in [3.8, 4) is 22.9 Å². The highest BCUT2D eigenvalue weighted by Gasteiger charge is 2.31. The fraction of sp³-hybridized carbons (Fsp3) is 0.120. The van der Waals surface area contributed by atoms with E-state index in [2.05, 4.69) is 25.6 Å². The summed E-state index contributed by atoms with van der Waals surface area (Å²) in [6.45, 7) is 1.70. The van der Waals surface area contributed by atoms with Gasteiger partial charge in [0.15, 0.2) is 0 Å². The summed E-state index contributed by atoms with van der Waals surface area (Å²) in [7, 11) is 1.70. The molecule has 0 aliphatic heterocycles. The molecule has 184 valence electrons. The van der Waals surface area contributed by atoms with Gasteiger partial charge in [0.05, 0.1) is 27.4 Å². The predicted molar refractivity (Wildman–Crippen MR) is 130 cm³/mol. The number of nitrogens with zero attached hydrogens (tertiary/aromatic N) is 3. The van der Waals surface area contributed by atoms with Crippen molar-refractivity contribution in [3.05, 3.63) is 88.7 Å². The number of hydrogen-bond donors (Lipinski definition) is 2. The molecule has 0 radical (unpaired) electrons. The van der Waals surface area contributed by atoms with Crippen molar-refractivity contribution < 1.29 is 22.7 Å². The van der Waals surface area contributed by atoms with E-state index in [-0.39, 0.29) is 16.5 Å². The number of nitrogens with one attached hydrogen (secondary N) is 2. The van der Waals surface area contributed by atoms with Gasteiger partial charge in [0, 0.05) is 30.7 Å². The first-order valence-corrected chi connectivity index (χ1v) is 11.0. The highest BCUT2D eigenvalue weighted by Crippen LogP contribution is 2.35. The zero-order valence-electron chi connectivity index (χ0n) is 19.0. The molecule has 0 saturated carbocycles. The van der Waals surface area contributed by atoms with E-state index in [9.17, 15) is 18.0 Å². The average Bonchev–Trinajstić information content (AvgIpc) is 2.86. The summed E-state index contributed by atoms with van der Waals surface area (Å²) in [5, 5.41) is 5.39. The van der Waals surface area contributed by atoms with Crippen molar-refractivity contribution in [1.82, 2.24) is 15.0 Å². The Hall–Kier alpha value is -4.18. The Morgan fingerprint density at radius 1 is 1.03 bits per heavy atom. The Morgan fingerprint density at radius 3 is 2.58 bits per heavy atom. The smallest absolute Gasteiger partial charge is 0.416 e. The van der Waals surface area contributed by atoms with Crippen LogP contribution in [0.3, 0.4) is 0 Å². The van der Waals surface area contributed by atoms with Gasteiger partial charge in [0.25, 0.3) is 5.91 Å². The number of anilines is 2. The third-order valence-corrected chi connectivity index (χ3v) is 5.53. The molecular weight excluding hydrogens is 495 g/mol. The van der Waals surface area contributed by atoms with E-state index in [4.69, 9.17) is 16.3 Å². The zero-order valence-corrected chi connectivity index (χ0v) is 19.8. The predicted octanol–water partition coefficient (Wildman–Crippen LogP) is 6.61. The lowest BCUT2D eigenvalue weighted by atomic mass is 10.1. The normalized spacial score (nSPS) is 11.2. The Kier molecular flexibility index (Phi) is 7.07. The van der Waals surface area contributed by atoms with Gasteiger partial charge in [-0.3, -0.25) is 4.79 Å². The highest BCUT2D eigenvalue weighted by molar-refractivity contribution is 6.34. The molecule has 36 heavy (non-hydrogen) atoms. The number of benzene rings is 2. The third-order valence-electron chi connectivity index (χ3n) is 5.20. The van der Waals surface area contributed by atoms with Crippen LogP contribution >= 0.6 is 11.6 Å². The molecule has 7 nitrogen and oxygen atoms in total. The second kappa shape index (κ2) is 10.2. The molecular formula is C25H19ClF3N5O2. The first-order chi connectivity index (χ1) is 17.2. The minimum Gasteiger partial charge on any atom is -0.438 e. The fourth-order valence-corrected chi connectivity index (χ4v) is 3.53. The number of hydrogen-bond acceptors (Lipinski definition) is 6. The highest BCUT2D eigenvalue weighted by atomic mass is 35.5. The molecule has 4 aromatic rings.